The van der Waals surface area contributed by atoms with Gasteiger partial charge in [-0.1, -0.05) is 49.4 Å². The minimum absolute atomic E-state index is 0.464. The zero-order valence-electron chi connectivity index (χ0n) is 15.8. The third-order valence-electron chi connectivity index (χ3n) is 5.04. The number of hydrogen-bond acceptors (Lipinski definition) is 3. The van der Waals surface area contributed by atoms with Crippen molar-refractivity contribution in [2.75, 3.05) is 7.11 Å². The summed E-state index contributed by atoms with van der Waals surface area (Å²) >= 11 is 9.59. The van der Waals surface area contributed by atoms with Crippen molar-refractivity contribution in [3.8, 4) is 11.5 Å². The van der Waals surface area contributed by atoms with Crippen LogP contribution in [0, 0.1) is 0 Å². The van der Waals surface area contributed by atoms with Gasteiger partial charge in [-0.25, -0.2) is 0 Å². The molecule has 1 saturated carbocycles. The average molecular weight is 453 g/mol. The van der Waals surface area contributed by atoms with E-state index in [1.807, 2.05) is 24.3 Å². The van der Waals surface area contributed by atoms with Gasteiger partial charge < -0.3 is 14.8 Å². The zero-order valence-corrected chi connectivity index (χ0v) is 18.1. The van der Waals surface area contributed by atoms with Gasteiger partial charge in [-0.15, -0.1) is 0 Å². The van der Waals surface area contributed by atoms with Crippen molar-refractivity contribution in [1.29, 1.82) is 0 Å². The van der Waals surface area contributed by atoms with Crippen LogP contribution in [-0.2, 0) is 13.2 Å². The summed E-state index contributed by atoms with van der Waals surface area (Å²) in [6.45, 7) is 1.31. The van der Waals surface area contributed by atoms with Gasteiger partial charge in [0.2, 0.25) is 0 Å². The minimum atomic E-state index is 0.464. The van der Waals surface area contributed by atoms with Crippen molar-refractivity contribution in [2.24, 2.45) is 0 Å². The molecule has 146 valence electrons. The molecule has 3 rings (SSSR count). The number of halogens is 2. The van der Waals surface area contributed by atoms with Crippen LogP contribution in [-0.4, -0.2) is 13.2 Å². The van der Waals surface area contributed by atoms with E-state index in [-0.39, 0.29) is 0 Å². The lowest BCUT2D eigenvalue weighted by atomic mass is 10.1. The van der Waals surface area contributed by atoms with Crippen LogP contribution < -0.4 is 14.8 Å². The molecule has 0 aliphatic heterocycles. The van der Waals surface area contributed by atoms with Gasteiger partial charge in [0.25, 0.3) is 0 Å². The number of methoxy groups -OCH3 is 1. The van der Waals surface area contributed by atoms with Crippen molar-refractivity contribution in [1.82, 2.24) is 5.32 Å². The molecule has 0 aromatic heterocycles. The second-order valence-electron chi connectivity index (χ2n) is 7.09. The van der Waals surface area contributed by atoms with Crippen LogP contribution in [0.5, 0.6) is 11.5 Å². The summed E-state index contributed by atoms with van der Waals surface area (Å²) in [7, 11) is 1.68. The maximum Gasteiger partial charge on any atom is 0.175 e. The van der Waals surface area contributed by atoms with Crippen molar-refractivity contribution >= 4 is 27.5 Å². The molecule has 1 N–H and O–H groups in total. The molecular weight excluding hydrogens is 426 g/mol. The third-order valence-corrected chi connectivity index (χ3v) is 5.88. The Hall–Kier alpha value is -1.23. The number of hydrogen-bond donors (Lipinski definition) is 1. The van der Waals surface area contributed by atoms with Crippen molar-refractivity contribution < 1.29 is 9.47 Å². The minimum Gasteiger partial charge on any atom is -0.493 e. The quantitative estimate of drug-likeness (QED) is 0.486. The van der Waals surface area contributed by atoms with Crippen LogP contribution >= 0.6 is 27.5 Å². The highest BCUT2D eigenvalue weighted by Crippen LogP contribution is 2.37. The number of ether oxygens (including phenoxy) is 2. The molecule has 0 spiro atoms. The Bertz CT molecular complexity index is 728. The Labute approximate surface area is 175 Å². The van der Waals surface area contributed by atoms with Crippen LogP contribution in [0.1, 0.15) is 49.7 Å². The lowest BCUT2D eigenvalue weighted by molar-refractivity contribution is 0.282. The SMILES string of the molecule is COc1cc(CNC2CCCCCC2)cc(Br)c1OCc1ccc(Cl)cc1. The molecule has 2 aromatic rings. The van der Waals surface area contributed by atoms with E-state index < -0.39 is 0 Å². The number of rotatable bonds is 7. The first kappa shape index (κ1) is 20.5. The summed E-state index contributed by atoms with van der Waals surface area (Å²) in [5, 5.41) is 4.43. The standard InChI is InChI=1S/C22H27BrClNO2/c1-26-21-13-17(14-25-19-6-4-2-3-5-7-19)12-20(23)22(21)27-15-16-8-10-18(24)11-9-16/h8-13,19,25H,2-7,14-15H2,1H3. The third kappa shape index (κ3) is 6.13. The maximum atomic E-state index is 6.02. The van der Waals surface area contributed by atoms with Crippen LogP contribution in [0.15, 0.2) is 40.9 Å². The topological polar surface area (TPSA) is 30.5 Å². The summed E-state index contributed by atoms with van der Waals surface area (Å²) in [4.78, 5) is 0. The van der Waals surface area contributed by atoms with Crippen LogP contribution in [0.3, 0.4) is 0 Å². The highest BCUT2D eigenvalue weighted by atomic mass is 79.9. The van der Waals surface area contributed by atoms with Gasteiger partial charge in [0, 0.05) is 17.6 Å². The number of benzene rings is 2. The summed E-state index contributed by atoms with van der Waals surface area (Å²) in [6, 6.07) is 12.5. The summed E-state index contributed by atoms with van der Waals surface area (Å²) in [5.41, 5.74) is 2.26. The van der Waals surface area contributed by atoms with E-state index in [0.717, 1.165) is 33.1 Å². The van der Waals surface area contributed by atoms with Crippen molar-refractivity contribution in [3.05, 3.63) is 57.0 Å². The Balaban J connectivity index is 1.64. The molecule has 2 aromatic carbocycles. The van der Waals surface area contributed by atoms with E-state index in [2.05, 4.69) is 33.4 Å². The summed E-state index contributed by atoms with van der Waals surface area (Å²) < 4.78 is 12.5. The Morgan fingerprint density at radius 3 is 2.41 bits per heavy atom. The maximum absolute atomic E-state index is 6.02. The van der Waals surface area contributed by atoms with E-state index >= 15 is 0 Å². The molecule has 0 radical (unpaired) electrons. The first-order valence-corrected chi connectivity index (χ1v) is 10.8. The molecule has 1 fully saturated rings. The summed E-state index contributed by atoms with van der Waals surface area (Å²) in [6.07, 6.45) is 7.97. The van der Waals surface area contributed by atoms with Gasteiger partial charge in [0.05, 0.1) is 11.6 Å². The van der Waals surface area contributed by atoms with Crippen LogP contribution in [0.4, 0.5) is 0 Å². The van der Waals surface area contributed by atoms with E-state index in [1.165, 1.54) is 44.1 Å². The predicted molar refractivity (Wildman–Crippen MR) is 115 cm³/mol. The molecule has 1 aliphatic rings. The molecule has 0 heterocycles. The fraction of sp³-hybridized carbons (Fsp3) is 0.455. The molecular formula is C22H27BrClNO2. The van der Waals surface area contributed by atoms with E-state index in [1.54, 1.807) is 7.11 Å². The first-order valence-electron chi connectivity index (χ1n) is 9.63. The smallest absolute Gasteiger partial charge is 0.175 e. The second kappa shape index (κ2) is 10.4. The molecule has 3 nitrogen and oxygen atoms in total. The highest BCUT2D eigenvalue weighted by Gasteiger charge is 2.15. The van der Waals surface area contributed by atoms with Gasteiger partial charge in [0.1, 0.15) is 6.61 Å². The van der Waals surface area contributed by atoms with Gasteiger partial charge in [-0.3, -0.25) is 0 Å². The number of nitrogens with one attached hydrogen (secondary N) is 1. The molecule has 0 bridgehead atoms. The second-order valence-corrected chi connectivity index (χ2v) is 8.38. The largest absolute Gasteiger partial charge is 0.493 e. The average Bonchev–Trinajstić information content (AvgIpc) is 2.95. The van der Waals surface area contributed by atoms with Crippen molar-refractivity contribution in [2.45, 2.75) is 57.7 Å². The predicted octanol–water partition coefficient (Wildman–Crippen LogP) is 6.50. The Morgan fingerprint density at radius 1 is 1.04 bits per heavy atom. The monoisotopic (exact) mass is 451 g/mol. The lowest BCUT2D eigenvalue weighted by Gasteiger charge is -2.18. The first-order chi connectivity index (χ1) is 13.2. The molecule has 0 saturated heterocycles. The van der Waals surface area contributed by atoms with E-state index in [4.69, 9.17) is 21.1 Å². The molecule has 1 aliphatic carbocycles. The van der Waals surface area contributed by atoms with Crippen LogP contribution in [0.2, 0.25) is 5.02 Å². The van der Waals surface area contributed by atoms with Crippen LogP contribution in [0.25, 0.3) is 0 Å². The van der Waals surface area contributed by atoms with Gasteiger partial charge in [-0.2, -0.15) is 0 Å². The lowest BCUT2D eigenvalue weighted by Crippen LogP contribution is -2.27. The molecule has 27 heavy (non-hydrogen) atoms. The molecule has 0 atom stereocenters. The highest BCUT2D eigenvalue weighted by molar-refractivity contribution is 9.10. The van der Waals surface area contributed by atoms with Gasteiger partial charge in [-0.05, 0) is 64.2 Å². The fourth-order valence-corrected chi connectivity index (χ4v) is 4.23. The molecule has 5 heteroatoms. The Morgan fingerprint density at radius 2 is 1.74 bits per heavy atom. The zero-order chi connectivity index (χ0) is 19.1. The fourth-order valence-electron chi connectivity index (χ4n) is 3.50. The normalized spacial score (nSPS) is 15.4. The molecule has 0 unspecified atom stereocenters. The van der Waals surface area contributed by atoms with E-state index in [0.29, 0.717) is 12.6 Å². The van der Waals surface area contributed by atoms with Gasteiger partial charge in [0.15, 0.2) is 11.5 Å². The summed E-state index contributed by atoms with van der Waals surface area (Å²) in [5.74, 6) is 1.47. The Kier molecular flexibility index (Phi) is 7.86. The van der Waals surface area contributed by atoms with Gasteiger partial charge >= 0.3 is 0 Å². The molecule has 0 amide bonds. The van der Waals surface area contributed by atoms with E-state index in [9.17, 15) is 0 Å². The van der Waals surface area contributed by atoms with Crippen molar-refractivity contribution in [3.63, 3.8) is 0 Å².